The predicted molar refractivity (Wildman–Crippen MR) is 156 cm³/mol. The highest BCUT2D eigenvalue weighted by atomic mass is 32.7. The molecular formula is C20H23F2N10O9P2S2+. The molecule has 4 aromatic rings. The van der Waals surface area contributed by atoms with Crippen molar-refractivity contribution in [2.24, 2.45) is 0 Å². The summed E-state index contributed by atoms with van der Waals surface area (Å²) in [5.74, 6) is -0.204. The van der Waals surface area contributed by atoms with E-state index in [1.54, 1.807) is 0 Å². The first-order chi connectivity index (χ1) is 21.3. The number of nitrogens with zero attached hydrogens (tertiary/aromatic N) is 7. The summed E-state index contributed by atoms with van der Waals surface area (Å²) in [6.45, 7) is -5.63. The van der Waals surface area contributed by atoms with Gasteiger partial charge in [0.1, 0.15) is 36.8 Å². The summed E-state index contributed by atoms with van der Waals surface area (Å²) >= 11 is 9.23. The largest absolute Gasteiger partial charge is 0.476 e. The van der Waals surface area contributed by atoms with Crippen LogP contribution in [0.1, 0.15) is 12.5 Å². The van der Waals surface area contributed by atoms with Crippen molar-refractivity contribution in [3.63, 3.8) is 0 Å². The second-order valence-electron chi connectivity index (χ2n) is 10.1. The zero-order chi connectivity index (χ0) is 31.8. The van der Waals surface area contributed by atoms with Gasteiger partial charge in [-0.15, -0.1) is 0 Å². The van der Waals surface area contributed by atoms with Crippen LogP contribution in [0, 0.1) is 0 Å². The molecule has 7 N–H and O–H groups in total. The fourth-order valence-electron chi connectivity index (χ4n) is 5.24. The number of aromatic nitrogens is 8. The molecule has 0 spiro atoms. The Bertz CT molecular complexity index is 1890. The first-order valence-electron chi connectivity index (χ1n) is 12.9. The van der Waals surface area contributed by atoms with E-state index in [1.807, 2.05) is 0 Å². The number of fused-ring (bicyclic) bond motifs is 5. The van der Waals surface area contributed by atoms with Gasteiger partial charge in [0.05, 0.1) is 31.5 Å². The van der Waals surface area contributed by atoms with E-state index in [4.69, 9.17) is 50.8 Å². The summed E-state index contributed by atoms with van der Waals surface area (Å²) in [6, 6.07) is 0. The Morgan fingerprint density at radius 2 is 1.73 bits per heavy atom. The maximum absolute atomic E-state index is 16.0. The van der Waals surface area contributed by atoms with E-state index >= 15 is 8.78 Å². The summed E-state index contributed by atoms with van der Waals surface area (Å²) in [7, 11) is -4.24. The Balaban J connectivity index is 1.20. The minimum atomic E-state index is -4.31. The number of nitrogens with one attached hydrogen (secondary N) is 1. The molecule has 3 unspecified atom stereocenters. The first-order valence-corrected chi connectivity index (χ1v) is 18.2. The van der Waals surface area contributed by atoms with Crippen molar-refractivity contribution in [2.75, 3.05) is 24.7 Å². The third-order valence-electron chi connectivity index (χ3n) is 7.24. The van der Waals surface area contributed by atoms with E-state index in [0.29, 0.717) is 0 Å². The fraction of sp³-hybridized carbons (Fsp3) is 0.500. The van der Waals surface area contributed by atoms with Crippen molar-refractivity contribution < 1.29 is 46.1 Å². The van der Waals surface area contributed by atoms with Crippen LogP contribution in [0.25, 0.3) is 22.3 Å². The number of H-pyrrole nitrogens is 1. The van der Waals surface area contributed by atoms with E-state index in [2.05, 4.69) is 42.2 Å². The summed E-state index contributed by atoms with van der Waals surface area (Å²) in [5.41, 5.74) is 11.0. The number of thiol groups is 1. The highest BCUT2D eigenvalue weighted by molar-refractivity contribution is 8.47. The van der Waals surface area contributed by atoms with Gasteiger partial charge in [0.15, 0.2) is 53.5 Å². The minimum absolute atomic E-state index is 0.0479. The molecule has 0 amide bonds. The van der Waals surface area contributed by atoms with E-state index in [0.717, 1.165) is 12.7 Å². The summed E-state index contributed by atoms with van der Waals surface area (Å²) in [4.78, 5) is 56.6. The van der Waals surface area contributed by atoms with E-state index < -0.39 is 81.9 Å². The normalized spacial score (nSPS) is 37.7. The molecule has 10 atom stereocenters. The quantitative estimate of drug-likeness (QED) is 0.120. The zero-order valence-corrected chi connectivity index (χ0v) is 25.8. The van der Waals surface area contributed by atoms with Crippen LogP contribution in [0.3, 0.4) is 0 Å². The third kappa shape index (κ3) is 5.59. The monoisotopic (exact) mass is 711 g/mol. The first kappa shape index (κ1) is 31.1. The molecule has 0 aromatic carbocycles. The molecule has 4 aromatic heterocycles. The van der Waals surface area contributed by atoms with E-state index in [9.17, 15) is 14.6 Å². The highest BCUT2D eigenvalue weighted by Crippen LogP contribution is 2.65. The van der Waals surface area contributed by atoms with Crippen molar-refractivity contribution in [2.45, 2.75) is 49.2 Å². The molecule has 7 heterocycles. The highest BCUT2D eigenvalue weighted by Gasteiger charge is 2.58. The molecule has 242 valence electrons. The average molecular weight is 712 g/mol. The van der Waals surface area contributed by atoms with Crippen molar-refractivity contribution in [1.29, 1.82) is 0 Å². The SMILES string of the molecule is Nc1nc2c(ncn2[C@@H]2O[C@@H]3COP(O)(=S)O[C@@H]4[C@H](F)[C@H](n5cnc6c(N)ncnc65)O[C@@H]4CO[P+](O)(S)O[C@H]2C3F)c(=O)[nH]1. The zero-order valence-electron chi connectivity index (χ0n) is 22.3. The van der Waals surface area contributed by atoms with Gasteiger partial charge in [-0.1, -0.05) is 0 Å². The Morgan fingerprint density at radius 1 is 1.02 bits per heavy atom. The maximum atomic E-state index is 16.0. The van der Waals surface area contributed by atoms with Gasteiger partial charge < -0.3 is 30.4 Å². The number of nitrogen functional groups attached to an aromatic ring is 2. The predicted octanol–water partition coefficient (Wildman–Crippen LogP) is 0.229. The molecule has 7 rings (SSSR count). The number of alkyl halides is 2. The molecule has 0 radical (unpaired) electrons. The van der Waals surface area contributed by atoms with Gasteiger partial charge in [0.25, 0.3) is 5.56 Å². The number of halogens is 2. The molecule has 3 saturated heterocycles. The van der Waals surface area contributed by atoms with Crippen LogP contribution in [0.5, 0.6) is 0 Å². The van der Waals surface area contributed by atoms with Crippen LogP contribution in [0.4, 0.5) is 20.5 Å². The van der Waals surface area contributed by atoms with Gasteiger partial charge in [0.2, 0.25) is 5.95 Å². The number of aromatic amines is 1. The van der Waals surface area contributed by atoms with Gasteiger partial charge >= 0.3 is 13.9 Å². The molecule has 0 aliphatic carbocycles. The number of ether oxygens (including phenoxy) is 2. The van der Waals surface area contributed by atoms with Crippen LogP contribution in [-0.4, -0.2) is 98.8 Å². The van der Waals surface area contributed by atoms with Crippen LogP contribution in [0.2, 0.25) is 0 Å². The molecular weight excluding hydrogens is 688 g/mol. The van der Waals surface area contributed by atoms with Crippen LogP contribution < -0.4 is 17.0 Å². The van der Waals surface area contributed by atoms with Gasteiger partial charge in [-0.05, 0) is 11.8 Å². The number of imidazole rings is 2. The molecule has 3 fully saturated rings. The molecule has 19 nitrogen and oxygen atoms in total. The van der Waals surface area contributed by atoms with Gasteiger partial charge in [0, 0.05) is 0 Å². The molecule has 3 aliphatic heterocycles. The summed E-state index contributed by atoms with van der Waals surface area (Å²) in [5, 5.41) is 0. The van der Waals surface area contributed by atoms with Crippen molar-refractivity contribution in [3.05, 3.63) is 29.3 Å². The number of anilines is 2. The lowest BCUT2D eigenvalue weighted by atomic mass is 10.1. The fourth-order valence-corrected chi connectivity index (χ4v) is 8.14. The van der Waals surface area contributed by atoms with E-state index in [1.165, 1.54) is 15.5 Å². The number of hydrogen-bond acceptors (Lipinski definition) is 17. The Kier molecular flexibility index (Phi) is 7.82. The minimum Gasteiger partial charge on any atom is -0.382 e. The molecule has 25 heteroatoms. The molecule has 45 heavy (non-hydrogen) atoms. The lowest BCUT2D eigenvalue weighted by Crippen LogP contribution is -2.34. The summed E-state index contributed by atoms with van der Waals surface area (Å²) < 4.78 is 68.1. The lowest BCUT2D eigenvalue weighted by Gasteiger charge is -2.25. The van der Waals surface area contributed by atoms with Gasteiger partial charge in [-0.3, -0.25) is 23.4 Å². The molecule has 3 aliphatic rings. The summed E-state index contributed by atoms with van der Waals surface area (Å²) in [6.07, 6.45) is -9.51. The molecule has 0 saturated carbocycles. The lowest BCUT2D eigenvalue weighted by molar-refractivity contribution is -0.0603. The smallest absolute Gasteiger partial charge is 0.382 e. The van der Waals surface area contributed by atoms with E-state index in [-0.39, 0.29) is 34.1 Å². The number of nitrogens with two attached hydrogens (primary N) is 2. The second-order valence-corrected chi connectivity index (χ2v) is 15.8. The van der Waals surface area contributed by atoms with Crippen molar-refractivity contribution in [1.82, 2.24) is 39.0 Å². The van der Waals surface area contributed by atoms with Crippen molar-refractivity contribution in [3.8, 4) is 0 Å². The van der Waals surface area contributed by atoms with Crippen LogP contribution in [-0.2, 0) is 39.4 Å². The Morgan fingerprint density at radius 3 is 2.51 bits per heavy atom. The molecule has 2 bridgehead atoms. The Labute approximate surface area is 260 Å². The average Bonchev–Trinajstić information content (AvgIpc) is 3.72. The second kappa shape index (κ2) is 11.3. The topological polar surface area (TPSA) is 255 Å². The standard InChI is InChI=1S/C20H22F2N10O9P2S2/c21-8-6-1-36-42(34,44)40-12-7(39-18(9(12)22)31-4-27-10-14(23)25-3-26-15(10)31)2-37-43(35,45)41-13(8)19(38-6)32-5-28-11-16(32)29-20(24)30-17(11)33/h3-9,12-13,18-19,35,45H,1-2H2,(H5-,23,24,25,26,29,30,33,34,44)/p+1/t6-,7-,8?,9+,12+,13+,18-,19-,42?,43?/m1/s1. The number of rotatable bonds is 2. The number of hydrogen-bond donors (Lipinski definition) is 6. The van der Waals surface area contributed by atoms with Gasteiger partial charge in [-0.25, -0.2) is 28.7 Å². The van der Waals surface area contributed by atoms with Crippen LogP contribution >= 0.6 is 26.1 Å². The maximum Gasteiger partial charge on any atom is 0.476 e. The Hall–Kier alpha value is -2.53. The van der Waals surface area contributed by atoms with Crippen molar-refractivity contribution >= 4 is 72.0 Å². The third-order valence-corrected chi connectivity index (χ3v) is 10.4. The van der Waals surface area contributed by atoms with Crippen LogP contribution in [0.15, 0.2) is 23.8 Å². The van der Waals surface area contributed by atoms with Gasteiger partial charge in [-0.2, -0.15) is 18.9 Å².